The van der Waals surface area contributed by atoms with E-state index in [9.17, 15) is 4.39 Å². The number of benzene rings is 1. The maximum Gasteiger partial charge on any atom is 0.173 e. The average Bonchev–Trinajstić information content (AvgIpc) is 2.83. The van der Waals surface area contributed by atoms with E-state index in [0.717, 1.165) is 39.7 Å². The van der Waals surface area contributed by atoms with E-state index in [1.807, 2.05) is 12.1 Å². The van der Waals surface area contributed by atoms with Gasteiger partial charge in [-0.05, 0) is 59.1 Å². The van der Waals surface area contributed by atoms with Crippen LogP contribution in [0.4, 0.5) is 4.39 Å². The highest BCUT2D eigenvalue weighted by molar-refractivity contribution is 9.10. The lowest BCUT2D eigenvalue weighted by atomic mass is 10.0. The molecule has 0 aliphatic carbocycles. The SMILES string of the molecule is CCCNC(Cc1ccc(F)cc1Br)c1ccoc1Br. The van der Waals surface area contributed by atoms with Gasteiger partial charge in [-0.15, -0.1) is 0 Å². The Hall–Kier alpha value is -0.650. The number of nitrogens with one attached hydrogen (secondary N) is 1. The van der Waals surface area contributed by atoms with Gasteiger partial charge in [0, 0.05) is 16.1 Å². The van der Waals surface area contributed by atoms with Gasteiger partial charge in [0.25, 0.3) is 0 Å². The molecule has 0 saturated carbocycles. The third-order valence-electron chi connectivity index (χ3n) is 3.10. The molecule has 108 valence electrons. The van der Waals surface area contributed by atoms with Crippen molar-refractivity contribution >= 4 is 31.9 Å². The number of furan rings is 1. The quantitative estimate of drug-likeness (QED) is 0.713. The Morgan fingerprint density at radius 2 is 2.10 bits per heavy atom. The Kier molecular flexibility index (Phi) is 5.81. The molecule has 0 aliphatic heterocycles. The summed E-state index contributed by atoms with van der Waals surface area (Å²) in [7, 11) is 0. The lowest BCUT2D eigenvalue weighted by Crippen LogP contribution is -2.24. The van der Waals surface area contributed by atoms with Crippen molar-refractivity contribution in [3.63, 3.8) is 0 Å². The Bertz CT molecular complexity index is 571. The molecule has 0 radical (unpaired) electrons. The van der Waals surface area contributed by atoms with Gasteiger partial charge in [-0.1, -0.05) is 28.9 Å². The zero-order valence-electron chi connectivity index (χ0n) is 11.1. The number of hydrogen-bond donors (Lipinski definition) is 1. The number of hydrogen-bond acceptors (Lipinski definition) is 2. The minimum Gasteiger partial charge on any atom is -0.457 e. The highest BCUT2D eigenvalue weighted by Crippen LogP contribution is 2.29. The third-order valence-corrected chi connectivity index (χ3v) is 4.48. The minimum atomic E-state index is -0.233. The van der Waals surface area contributed by atoms with E-state index in [4.69, 9.17) is 4.42 Å². The molecule has 1 aromatic heterocycles. The predicted octanol–water partition coefficient (Wildman–Crippen LogP) is 5.23. The molecular weight excluding hydrogens is 389 g/mol. The van der Waals surface area contributed by atoms with Crippen molar-refractivity contribution in [1.82, 2.24) is 5.32 Å². The molecule has 1 N–H and O–H groups in total. The largest absolute Gasteiger partial charge is 0.457 e. The van der Waals surface area contributed by atoms with Crippen molar-refractivity contribution in [1.29, 1.82) is 0 Å². The first-order chi connectivity index (χ1) is 9.61. The van der Waals surface area contributed by atoms with E-state index in [2.05, 4.69) is 44.1 Å². The van der Waals surface area contributed by atoms with Crippen molar-refractivity contribution in [2.75, 3.05) is 6.54 Å². The molecule has 1 heterocycles. The normalized spacial score (nSPS) is 12.6. The van der Waals surface area contributed by atoms with Crippen LogP contribution >= 0.6 is 31.9 Å². The summed E-state index contributed by atoms with van der Waals surface area (Å²) in [5, 5.41) is 3.50. The van der Waals surface area contributed by atoms with Crippen LogP contribution < -0.4 is 5.32 Å². The maximum absolute atomic E-state index is 13.2. The zero-order valence-corrected chi connectivity index (χ0v) is 14.3. The van der Waals surface area contributed by atoms with Gasteiger partial charge in [-0.25, -0.2) is 4.39 Å². The Balaban J connectivity index is 2.21. The molecule has 0 saturated heterocycles. The maximum atomic E-state index is 13.2. The zero-order chi connectivity index (χ0) is 14.5. The summed E-state index contributed by atoms with van der Waals surface area (Å²) in [6, 6.07) is 6.88. The molecule has 1 unspecified atom stereocenters. The summed E-state index contributed by atoms with van der Waals surface area (Å²) in [4.78, 5) is 0. The fraction of sp³-hybridized carbons (Fsp3) is 0.333. The van der Waals surface area contributed by atoms with Crippen molar-refractivity contribution < 1.29 is 8.81 Å². The van der Waals surface area contributed by atoms with Gasteiger partial charge in [0.15, 0.2) is 4.67 Å². The van der Waals surface area contributed by atoms with Crippen LogP contribution in [-0.4, -0.2) is 6.54 Å². The average molecular weight is 405 g/mol. The lowest BCUT2D eigenvalue weighted by Gasteiger charge is -2.18. The Morgan fingerprint density at radius 3 is 2.70 bits per heavy atom. The van der Waals surface area contributed by atoms with E-state index in [1.54, 1.807) is 6.26 Å². The highest BCUT2D eigenvalue weighted by atomic mass is 79.9. The summed E-state index contributed by atoms with van der Waals surface area (Å²) < 4.78 is 20.0. The fourth-order valence-corrected chi connectivity index (χ4v) is 3.10. The monoisotopic (exact) mass is 403 g/mol. The molecule has 0 spiro atoms. The van der Waals surface area contributed by atoms with E-state index in [-0.39, 0.29) is 11.9 Å². The smallest absolute Gasteiger partial charge is 0.173 e. The van der Waals surface area contributed by atoms with Gasteiger partial charge in [0.1, 0.15) is 5.82 Å². The first kappa shape index (κ1) is 15.7. The first-order valence-electron chi connectivity index (χ1n) is 6.52. The van der Waals surface area contributed by atoms with Gasteiger partial charge in [0.2, 0.25) is 0 Å². The van der Waals surface area contributed by atoms with E-state index < -0.39 is 0 Å². The van der Waals surface area contributed by atoms with Gasteiger partial charge < -0.3 is 9.73 Å². The van der Waals surface area contributed by atoms with Crippen LogP contribution in [0.5, 0.6) is 0 Å². The van der Waals surface area contributed by atoms with E-state index >= 15 is 0 Å². The predicted molar refractivity (Wildman–Crippen MR) is 85.2 cm³/mol. The van der Waals surface area contributed by atoms with Gasteiger partial charge in [-0.3, -0.25) is 0 Å². The summed E-state index contributed by atoms with van der Waals surface area (Å²) >= 11 is 6.85. The second-order valence-electron chi connectivity index (χ2n) is 4.60. The van der Waals surface area contributed by atoms with Crippen LogP contribution in [0.25, 0.3) is 0 Å². The molecule has 0 aliphatic rings. The van der Waals surface area contributed by atoms with E-state index in [0.29, 0.717) is 0 Å². The Morgan fingerprint density at radius 1 is 1.30 bits per heavy atom. The molecule has 0 bridgehead atoms. The number of halogens is 3. The summed E-state index contributed by atoms with van der Waals surface area (Å²) in [6.07, 6.45) is 3.48. The summed E-state index contributed by atoms with van der Waals surface area (Å²) in [5.41, 5.74) is 2.14. The number of rotatable bonds is 6. The van der Waals surface area contributed by atoms with Crippen molar-refractivity contribution in [2.24, 2.45) is 0 Å². The van der Waals surface area contributed by atoms with Crippen LogP contribution in [0.15, 0.2) is 44.1 Å². The first-order valence-corrected chi connectivity index (χ1v) is 8.10. The van der Waals surface area contributed by atoms with Crippen molar-refractivity contribution in [2.45, 2.75) is 25.8 Å². The fourth-order valence-electron chi connectivity index (χ4n) is 2.07. The molecule has 20 heavy (non-hydrogen) atoms. The highest BCUT2D eigenvalue weighted by Gasteiger charge is 2.18. The summed E-state index contributed by atoms with van der Waals surface area (Å²) in [6.45, 7) is 3.05. The molecule has 0 amide bonds. The van der Waals surface area contributed by atoms with E-state index in [1.165, 1.54) is 12.1 Å². The standard InChI is InChI=1S/C15H16Br2FNO/c1-2-6-19-14(12-5-7-20-15(12)17)8-10-3-4-11(18)9-13(10)16/h3-5,7,9,14,19H,2,6,8H2,1H3. The van der Waals surface area contributed by atoms with Crippen LogP contribution in [0, 0.1) is 5.82 Å². The van der Waals surface area contributed by atoms with Gasteiger partial charge >= 0.3 is 0 Å². The lowest BCUT2D eigenvalue weighted by molar-refractivity contribution is 0.497. The molecule has 1 atom stereocenters. The van der Waals surface area contributed by atoms with Crippen LogP contribution in [-0.2, 0) is 6.42 Å². The third kappa shape index (κ3) is 3.93. The summed E-state index contributed by atoms with van der Waals surface area (Å²) in [5.74, 6) is -0.233. The van der Waals surface area contributed by atoms with Crippen molar-refractivity contribution in [3.8, 4) is 0 Å². The van der Waals surface area contributed by atoms with Gasteiger partial charge in [0.05, 0.1) is 6.26 Å². The molecule has 0 fully saturated rings. The van der Waals surface area contributed by atoms with Crippen molar-refractivity contribution in [3.05, 3.63) is 56.6 Å². The van der Waals surface area contributed by atoms with Crippen LogP contribution in [0.2, 0.25) is 0 Å². The molecule has 1 aromatic carbocycles. The molecule has 5 heteroatoms. The Labute approximate surface area is 135 Å². The van der Waals surface area contributed by atoms with Gasteiger partial charge in [-0.2, -0.15) is 0 Å². The topological polar surface area (TPSA) is 25.2 Å². The van der Waals surface area contributed by atoms with Crippen LogP contribution in [0.3, 0.4) is 0 Å². The molecule has 2 aromatic rings. The second kappa shape index (κ2) is 7.38. The molecule has 2 nitrogen and oxygen atoms in total. The second-order valence-corrected chi connectivity index (χ2v) is 6.17. The molecular formula is C15H16Br2FNO. The molecule has 2 rings (SSSR count). The minimum absolute atomic E-state index is 0.129. The van der Waals surface area contributed by atoms with Crippen LogP contribution in [0.1, 0.15) is 30.5 Å².